The number of hydrogen-bond donors (Lipinski definition) is 1. The van der Waals surface area contributed by atoms with E-state index in [-0.39, 0.29) is 0 Å². The first-order valence-corrected chi connectivity index (χ1v) is 4.27. The molecule has 0 fully saturated rings. The molecule has 0 aliphatic carbocycles. The molecule has 68 valence electrons. The smallest absolute Gasteiger partial charge is 0.123 e. The molecule has 1 nitrogen and oxygen atoms in total. The van der Waals surface area contributed by atoms with Crippen LogP contribution in [0, 0.1) is 6.92 Å². The summed E-state index contributed by atoms with van der Waals surface area (Å²) in [5, 5.41) is 9.59. The van der Waals surface area contributed by atoms with Crippen LogP contribution < -0.4 is 0 Å². The number of hydrogen-bond acceptors (Lipinski definition) is 1. The van der Waals surface area contributed by atoms with Crippen molar-refractivity contribution < 1.29 is 5.11 Å². The highest BCUT2D eigenvalue weighted by atomic mass is 16.3. The summed E-state index contributed by atoms with van der Waals surface area (Å²) in [6.45, 7) is 7.56. The second kappa shape index (κ2) is 3.94. The van der Waals surface area contributed by atoms with Gasteiger partial charge in [0.2, 0.25) is 0 Å². The van der Waals surface area contributed by atoms with Gasteiger partial charge in [-0.05, 0) is 31.0 Å². The first-order valence-electron chi connectivity index (χ1n) is 4.27. The van der Waals surface area contributed by atoms with Crippen LogP contribution in [-0.4, -0.2) is 5.11 Å². The van der Waals surface area contributed by atoms with E-state index in [4.69, 9.17) is 0 Å². The minimum Gasteiger partial charge on any atom is -0.507 e. The molecule has 0 spiro atoms. The van der Waals surface area contributed by atoms with Crippen molar-refractivity contribution >= 4 is 12.2 Å². The van der Waals surface area contributed by atoms with E-state index in [1.165, 1.54) is 0 Å². The van der Waals surface area contributed by atoms with Crippen LogP contribution in [0.1, 0.15) is 23.6 Å². The van der Waals surface area contributed by atoms with Crippen molar-refractivity contribution in [3.05, 3.63) is 41.5 Å². The fourth-order valence-corrected chi connectivity index (χ4v) is 1.36. The van der Waals surface area contributed by atoms with E-state index in [0.717, 1.165) is 16.7 Å². The van der Waals surface area contributed by atoms with Gasteiger partial charge in [-0.25, -0.2) is 0 Å². The largest absolute Gasteiger partial charge is 0.507 e. The van der Waals surface area contributed by atoms with Crippen molar-refractivity contribution in [2.24, 2.45) is 0 Å². The van der Waals surface area contributed by atoms with E-state index in [1.54, 1.807) is 12.1 Å². The Morgan fingerprint density at radius 2 is 2.08 bits per heavy atom. The summed E-state index contributed by atoms with van der Waals surface area (Å²) in [7, 11) is 0. The molecule has 0 heterocycles. The lowest BCUT2D eigenvalue weighted by Crippen LogP contribution is -1.83. The predicted octanol–water partition coefficient (Wildman–Crippen LogP) is 3.38. The number of phenolic OH excluding ortho intramolecular Hbond substituents is 1. The number of phenols is 1. The number of benzene rings is 1. The van der Waals surface area contributed by atoms with E-state index in [0.29, 0.717) is 5.75 Å². The SMILES string of the molecule is C=Cc1c(C)cc(C=CC)cc1O. The first-order chi connectivity index (χ1) is 6.19. The Labute approximate surface area is 79.0 Å². The van der Waals surface area contributed by atoms with Gasteiger partial charge in [-0.2, -0.15) is 0 Å². The van der Waals surface area contributed by atoms with Crippen molar-refractivity contribution in [2.45, 2.75) is 13.8 Å². The Balaban J connectivity index is 3.27. The summed E-state index contributed by atoms with van der Waals surface area (Å²) in [4.78, 5) is 0. The average Bonchev–Trinajstić information content (AvgIpc) is 2.04. The monoisotopic (exact) mass is 174 g/mol. The number of allylic oxidation sites excluding steroid dienone is 1. The quantitative estimate of drug-likeness (QED) is 0.728. The van der Waals surface area contributed by atoms with Crippen LogP contribution in [-0.2, 0) is 0 Å². The van der Waals surface area contributed by atoms with Crippen LogP contribution in [0.4, 0.5) is 0 Å². The Kier molecular flexibility index (Phi) is 2.91. The van der Waals surface area contributed by atoms with Gasteiger partial charge in [-0.3, -0.25) is 0 Å². The maximum Gasteiger partial charge on any atom is 0.123 e. The summed E-state index contributed by atoms with van der Waals surface area (Å²) >= 11 is 0. The van der Waals surface area contributed by atoms with Gasteiger partial charge in [0, 0.05) is 5.56 Å². The predicted molar refractivity (Wildman–Crippen MR) is 57.6 cm³/mol. The molecule has 0 saturated heterocycles. The Bertz CT molecular complexity index is 325. The van der Waals surface area contributed by atoms with Gasteiger partial charge in [-0.1, -0.05) is 30.9 Å². The lowest BCUT2D eigenvalue weighted by atomic mass is 10.0. The molecule has 0 aliphatic heterocycles. The first kappa shape index (κ1) is 9.59. The van der Waals surface area contributed by atoms with Crippen LogP contribution >= 0.6 is 0 Å². The van der Waals surface area contributed by atoms with Gasteiger partial charge in [0.1, 0.15) is 5.75 Å². The normalized spacial score (nSPS) is 10.6. The molecule has 0 unspecified atom stereocenters. The Hall–Kier alpha value is -1.50. The van der Waals surface area contributed by atoms with Crippen molar-refractivity contribution in [3.8, 4) is 5.75 Å². The number of aromatic hydroxyl groups is 1. The topological polar surface area (TPSA) is 20.2 Å². The molecule has 0 radical (unpaired) electrons. The van der Waals surface area contributed by atoms with Crippen molar-refractivity contribution in [2.75, 3.05) is 0 Å². The molecular formula is C12H14O. The van der Waals surface area contributed by atoms with Crippen LogP contribution in [0.5, 0.6) is 5.75 Å². The van der Waals surface area contributed by atoms with Gasteiger partial charge in [0.05, 0.1) is 0 Å². The van der Waals surface area contributed by atoms with E-state index >= 15 is 0 Å². The number of rotatable bonds is 2. The third-order valence-corrected chi connectivity index (χ3v) is 1.95. The molecule has 1 heteroatoms. The second-order valence-electron chi connectivity index (χ2n) is 2.97. The van der Waals surface area contributed by atoms with Crippen LogP contribution in [0.3, 0.4) is 0 Å². The lowest BCUT2D eigenvalue weighted by Gasteiger charge is -2.05. The lowest BCUT2D eigenvalue weighted by molar-refractivity contribution is 0.473. The molecule has 0 saturated carbocycles. The average molecular weight is 174 g/mol. The van der Waals surface area contributed by atoms with E-state index in [1.807, 2.05) is 32.1 Å². The summed E-state index contributed by atoms with van der Waals surface area (Å²) in [5.74, 6) is 0.295. The summed E-state index contributed by atoms with van der Waals surface area (Å²) in [5.41, 5.74) is 2.87. The molecule has 0 aliphatic rings. The standard InChI is InChI=1S/C12H14O/c1-4-6-10-7-9(3)11(5-2)12(13)8-10/h4-8,13H,2H2,1,3H3. The van der Waals surface area contributed by atoms with E-state index in [2.05, 4.69) is 6.58 Å². The van der Waals surface area contributed by atoms with Gasteiger partial charge in [0.15, 0.2) is 0 Å². The molecule has 0 aromatic heterocycles. The molecule has 1 rings (SSSR count). The molecule has 0 amide bonds. The second-order valence-corrected chi connectivity index (χ2v) is 2.97. The fourth-order valence-electron chi connectivity index (χ4n) is 1.36. The number of aryl methyl sites for hydroxylation is 1. The molecule has 13 heavy (non-hydrogen) atoms. The molecule has 1 aromatic rings. The highest BCUT2D eigenvalue weighted by Crippen LogP contribution is 2.24. The minimum absolute atomic E-state index is 0.295. The van der Waals surface area contributed by atoms with Crippen LogP contribution in [0.25, 0.3) is 12.2 Å². The van der Waals surface area contributed by atoms with Gasteiger partial charge in [0.25, 0.3) is 0 Å². The summed E-state index contributed by atoms with van der Waals surface area (Å²) in [6, 6.07) is 3.76. The summed E-state index contributed by atoms with van der Waals surface area (Å²) in [6.07, 6.45) is 5.57. The third-order valence-electron chi connectivity index (χ3n) is 1.95. The minimum atomic E-state index is 0.295. The van der Waals surface area contributed by atoms with Crippen molar-refractivity contribution in [1.29, 1.82) is 0 Å². The third kappa shape index (κ3) is 2.00. The zero-order chi connectivity index (χ0) is 9.84. The van der Waals surface area contributed by atoms with Gasteiger partial charge >= 0.3 is 0 Å². The van der Waals surface area contributed by atoms with Gasteiger partial charge < -0.3 is 5.11 Å². The maximum atomic E-state index is 9.59. The Morgan fingerprint density at radius 1 is 1.38 bits per heavy atom. The van der Waals surface area contributed by atoms with E-state index < -0.39 is 0 Å². The molecule has 1 N–H and O–H groups in total. The zero-order valence-electron chi connectivity index (χ0n) is 8.04. The fraction of sp³-hybridized carbons (Fsp3) is 0.167. The zero-order valence-corrected chi connectivity index (χ0v) is 8.04. The highest BCUT2D eigenvalue weighted by Gasteiger charge is 2.01. The maximum absolute atomic E-state index is 9.59. The van der Waals surface area contributed by atoms with Crippen molar-refractivity contribution in [3.63, 3.8) is 0 Å². The van der Waals surface area contributed by atoms with Crippen molar-refractivity contribution in [1.82, 2.24) is 0 Å². The highest BCUT2D eigenvalue weighted by molar-refractivity contribution is 5.64. The van der Waals surface area contributed by atoms with Crippen LogP contribution in [0.15, 0.2) is 24.8 Å². The molecule has 0 bridgehead atoms. The molecule has 1 aromatic carbocycles. The van der Waals surface area contributed by atoms with Crippen LogP contribution in [0.2, 0.25) is 0 Å². The Morgan fingerprint density at radius 3 is 2.54 bits per heavy atom. The van der Waals surface area contributed by atoms with E-state index in [9.17, 15) is 5.11 Å². The van der Waals surface area contributed by atoms with Gasteiger partial charge in [-0.15, -0.1) is 0 Å². The summed E-state index contributed by atoms with van der Waals surface area (Å²) < 4.78 is 0. The molecular weight excluding hydrogens is 160 g/mol. The molecule has 0 atom stereocenters.